The summed E-state index contributed by atoms with van der Waals surface area (Å²) in [5.41, 5.74) is -0.175. The van der Waals surface area contributed by atoms with Crippen molar-refractivity contribution in [2.75, 3.05) is 12.9 Å². The Morgan fingerprint density at radius 2 is 2.05 bits per heavy atom. The molecule has 0 aliphatic rings. The minimum Gasteiger partial charge on any atom is -0.465 e. The predicted octanol–water partition coefficient (Wildman–Crippen LogP) is 2.30. The van der Waals surface area contributed by atoms with Gasteiger partial charge in [0.1, 0.15) is 10.6 Å². The fourth-order valence-corrected chi connectivity index (χ4v) is 2.03. The Morgan fingerprint density at radius 1 is 1.37 bits per heavy atom. The highest BCUT2D eigenvalue weighted by Crippen LogP contribution is 2.21. The van der Waals surface area contributed by atoms with Crippen molar-refractivity contribution in [2.24, 2.45) is 0 Å². The van der Waals surface area contributed by atoms with E-state index >= 15 is 0 Å². The van der Waals surface area contributed by atoms with Gasteiger partial charge in [-0.3, -0.25) is 4.79 Å². The Morgan fingerprint density at radius 3 is 2.63 bits per heavy atom. The molecule has 104 valence electrons. The molecule has 1 rings (SSSR count). The number of rotatable bonds is 4. The summed E-state index contributed by atoms with van der Waals surface area (Å²) in [6.07, 6.45) is 1.56. The van der Waals surface area contributed by atoms with E-state index in [1.807, 2.05) is 0 Å². The molecule has 0 spiro atoms. The lowest BCUT2D eigenvalue weighted by Gasteiger charge is -2.19. The molecule has 0 aliphatic heterocycles. The van der Waals surface area contributed by atoms with Gasteiger partial charge in [0, 0.05) is 6.20 Å². The van der Waals surface area contributed by atoms with Gasteiger partial charge in [-0.15, -0.1) is 0 Å². The van der Waals surface area contributed by atoms with Crippen LogP contribution < -0.4 is 0 Å². The average molecular weight is 283 g/mol. The normalized spacial score (nSPS) is 10.9. The molecule has 1 aromatic rings. The smallest absolute Gasteiger partial charge is 0.340 e. The average Bonchev–Trinajstić information content (AvgIpc) is 2.33. The Hall–Kier alpha value is -1.56. The molecule has 1 heterocycles. The van der Waals surface area contributed by atoms with Gasteiger partial charge in [0.2, 0.25) is 0 Å². The van der Waals surface area contributed by atoms with E-state index in [1.54, 1.807) is 39.1 Å². The first-order valence-corrected chi connectivity index (χ1v) is 6.70. The van der Waals surface area contributed by atoms with Crippen LogP contribution in [0.5, 0.6) is 0 Å². The third kappa shape index (κ3) is 5.30. The van der Waals surface area contributed by atoms with E-state index in [9.17, 15) is 9.59 Å². The predicted molar refractivity (Wildman–Crippen MR) is 72.1 cm³/mol. The molecule has 19 heavy (non-hydrogen) atoms. The second kappa shape index (κ2) is 6.56. The lowest BCUT2D eigenvalue weighted by molar-refractivity contribution is -0.151. The molecule has 0 amide bonds. The lowest BCUT2D eigenvalue weighted by atomic mass is 10.2. The van der Waals surface area contributed by atoms with Crippen molar-refractivity contribution in [3.63, 3.8) is 0 Å². The van der Waals surface area contributed by atoms with Gasteiger partial charge in [0.15, 0.2) is 0 Å². The third-order valence-electron chi connectivity index (χ3n) is 1.92. The van der Waals surface area contributed by atoms with E-state index in [2.05, 4.69) is 9.72 Å². The number of pyridine rings is 1. The highest BCUT2D eigenvalue weighted by molar-refractivity contribution is 8.00. The van der Waals surface area contributed by atoms with Gasteiger partial charge in [-0.25, -0.2) is 9.78 Å². The van der Waals surface area contributed by atoms with Crippen molar-refractivity contribution >= 4 is 23.7 Å². The SMILES string of the molecule is COC(=O)c1cccnc1SCC(=O)OC(C)(C)C. The standard InChI is InChI=1S/C13H17NO4S/c1-13(2,3)18-10(15)8-19-11-9(12(16)17-4)6-5-7-14-11/h5-7H,8H2,1-4H3. The quantitative estimate of drug-likeness (QED) is 0.624. The molecule has 0 N–H and O–H groups in total. The molecule has 6 heteroatoms. The first-order valence-electron chi connectivity index (χ1n) is 5.71. The maximum Gasteiger partial charge on any atom is 0.340 e. The maximum atomic E-state index is 11.6. The number of aromatic nitrogens is 1. The zero-order chi connectivity index (χ0) is 14.5. The van der Waals surface area contributed by atoms with Gasteiger partial charge >= 0.3 is 11.9 Å². The molecular weight excluding hydrogens is 266 g/mol. The summed E-state index contributed by atoms with van der Waals surface area (Å²) in [4.78, 5) is 27.2. The topological polar surface area (TPSA) is 65.5 Å². The summed E-state index contributed by atoms with van der Waals surface area (Å²) < 4.78 is 9.84. The Bertz CT molecular complexity index is 468. The second-order valence-electron chi connectivity index (χ2n) is 4.72. The van der Waals surface area contributed by atoms with E-state index in [-0.39, 0.29) is 11.7 Å². The van der Waals surface area contributed by atoms with Gasteiger partial charge in [-0.1, -0.05) is 11.8 Å². The molecule has 0 bridgehead atoms. The summed E-state index contributed by atoms with van der Waals surface area (Å²) in [6, 6.07) is 3.25. The van der Waals surface area contributed by atoms with E-state index < -0.39 is 11.6 Å². The number of esters is 2. The van der Waals surface area contributed by atoms with Crippen LogP contribution in [0.2, 0.25) is 0 Å². The summed E-state index contributed by atoms with van der Waals surface area (Å²) in [7, 11) is 1.30. The number of ether oxygens (including phenoxy) is 2. The number of hydrogen-bond acceptors (Lipinski definition) is 6. The highest BCUT2D eigenvalue weighted by atomic mass is 32.2. The van der Waals surface area contributed by atoms with Gasteiger partial charge < -0.3 is 9.47 Å². The zero-order valence-corrected chi connectivity index (χ0v) is 12.2. The van der Waals surface area contributed by atoms with Crippen molar-refractivity contribution in [1.82, 2.24) is 4.98 Å². The van der Waals surface area contributed by atoms with Crippen LogP contribution in [0.4, 0.5) is 0 Å². The minimum atomic E-state index is -0.521. The van der Waals surface area contributed by atoms with E-state index in [0.29, 0.717) is 10.6 Å². The molecule has 0 saturated heterocycles. The monoisotopic (exact) mass is 283 g/mol. The van der Waals surface area contributed by atoms with Crippen LogP contribution >= 0.6 is 11.8 Å². The van der Waals surface area contributed by atoms with Crippen LogP contribution in [0.3, 0.4) is 0 Å². The van der Waals surface area contributed by atoms with Crippen LogP contribution in [-0.2, 0) is 14.3 Å². The van der Waals surface area contributed by atoms with Crippen molar-refractivity contribution in [1.29, 1.82) is 0 Å². The molecule has 5 nitrogen and oxygen atoms in total. The number of nitrogens with zero attached hydrogens (tertiary/aromatic N) is 1. The summed E-state index contributed by atoms with van der Waals surface area (Å²) in [5, 5.41) is 0.459. The maximum absolute atomic E-state index is 11.6. The zero-order valence-electron chi connectivity index (χ0n) is 11.4. The van der Waals surface area contributed by atoms with Crippen molar-refractivity contribution in [3.05, 3.63) is 23.9 Å². The lowest BCUT2D eigenvalue weighted by Crippen LogP contribution is -2.25. The third-order valence-corrected chi connectivity index (χ3v) is 2.90. The number of thioether (sulfide) groups is 1. The molecule has 0 radical (unpaired) electrons. The van der Waals surface area contributed by atoms with Crippen molar-refractivity contribution in [3.8, 4) is 0 Å². The Balaban J connectivity index is 2.68. The first kappa shape index (κ1) is 15.5. The number of methoxy groups -OCH3 is 1. The van der Waals surface area contributed by atoms with Crippen molar-refractivity contribution < 1.29 is 19.1 Å². The molecule has 0 fully saturated rings. The van der Waals surface area contributed by atoms with E-state index in [0.717, 1.165) is 11.8 Å². The molecule has 0 aliphatic carbocycles. The molecule has 1 aromatic heterocycles. The summed E-state index contributed by atoms with van der Waals surface area (Å²) in [6.45, 7) is 5.41. The molecule has 0 unspecified atom stereocenters. The molecular formula is C13H17NO4S. The molecule has 0 saturated carbocycles. The van der Waals surface area contributed by atoms with Gasteiger partial charge in [0.25, 0.3) is 0 Å². The van der Waals surface area contributed by atoms with Crippen LogP contribution in [0.1, 0.15) is 31.1 Å². The Kier molecular flexibility index (Phi) is 5.35. The fraction of sp³-hybridized carbons (Fsp3) is 0.462. The van der Waals surface area contributed by atoms with Gasteiger partial charge in [-0.05, 0) is 32.9 Å². The number of carbonyl (C=O) groups excluding carboxylic acids is 2. The molecule has 0 atom stereocenters. The Labute approximate surface area is 116 Å². The highest BCUT2D eigenvalue weighted by Gasteiger charge is 2.18. The summed E-state index contributed by atoms with van der Waals surface area (Å²) >= 11 is 1.15. The van der Waals surface area contributed by atoms with E-state index in [1.165, 1.54) is 7.11 Å². The number of hydrogen-bond donors (Lipinski definition) is 0. The van der Waals surface area contributed by atoms with Crippen LogP contribution in [0, 0.1) is 0 Å². The number of carbonyl (C=O) groups is 2. The van der Waals surface area contributed by atoms with Gasteiger partial charge in [-0.2, -0.15) is 0 Å². The second-order valence-corrected chi connectivity index (χ2v) is 5.69. The van der Waals surface area contributed by atoms with Crippen LogP contribution in [-0.4, -0.2) is 35.4 Å². The molecule has 0 aromatic carbocycles. The first-order chi connectivity index (χ1) is 8.83. The minimum absolute atomic E-state index is 0.0955. The van der Waals surface area contributed by atoms with E-state index in [4.69, 9.17) is 4.74 Å². The van der Waals surface area contributed by atoms with Crippen LogP contribution in [0.25, 0.3) is 0 Å². The fourth-order valence-electron chi connectivity index (χ4n) is 1.27. The summed E-state index contributed by atoms with van der Waals surface area (Å²) in [5.74, 6) is -0.725. The van der Waals surface area contributed by atoms with Crippen LogP contribution in [0.15, 0.2) is 23.4 Å². The van der Waals surface area contributed by atoms with Gasteiger partial charge in [0.05, 0.1) is 18.4 Å². The largest absolute Gasteiger partial charge is 0.465 e. The van der Waals surface area contributed by atoms with Crippen molar-refractivity contribution in [2.45, 2.75) is 31.4 Å².